The maximum atomic E-state index is 12.4. The Labute approximate surface area is 134 Å². The first-order valence-electron chi connectivity index (χ1n) is 7.90. The largest absolute Gasteiger partial charge is 0.369 e. The van der Waals surface area contributed by atoms with E-state index in [9.17, 15) is 4.79 Å². The van der Waals surface area contributed by atoms with Crippen LogP contribution in [0.4, 0.5) is 0 Å². The second kappa shape index (κ2) is 6.16. The van der Waals surface area contributed by atoms with Crippen molar-refractivity contribution in [1.29, 1.82) is 0 Å². The molecule has 0 spiro atoms. The van der Waals surface area contributed by atoms with Gasteiger partial charge in [-0.15, -0.1) is 0 Å². The molecule has 7 nitrogen and oxygen atoms in total. The highest BCUT2D eigenvalue weighted by molar-refractivity contribution is 5.94. The van der Waals surface area contributed by atoms with E-state index in [4.69, 9.17) is 9.26 Å². The Kier molecular flexibility index (Phi) is 4.21. The molecule has 2 N–H and O–H groups in total. The third kappa shape index (κ3) is 3.01. The number of carbonyl (C=O) groups is 1. The van der Waals surface area contributed by atoms with Gasteiger partial charge in [-0.25, -0.2) is 0 Å². The fourth-order valence-corrected chi connectivity index (χ4v) is 3.10. The molecule has 3 heterocycles. The number of nitrogens with zero attached hydrogens (tertiary/aromatic N) is 2. The van der Waals surface area contributed by atoms with Gasteiger partial charge in [0, 0.05) is 24.1 Å². The third-order valence-corrected chi connectivity index (χ3v) is 4.29. The fourth-order valence-electron chi connectivity index (χ4n) is 3.10. The van der Waals surface area contributed by atoms with Gasteiger partial charge in [0.15, 0.2) is 5.69 Å². The standard InChI is InChI=1S/C16H22N4O3/c1-8-7-13-14(11(4)22-8)18-19-15(13)16(21)17-6-5-12-9(2)20-23-10(12)3/h8,11H,5-7H2,1-4H3,(H,17,21)(H,18,19)/t8-,11+/m1/s1. The summed E-state index contributed by atoms with van der Waals surface area (Å²) >= 11 is 0. The highest BCUT2D eigenvalue weighted by Crippen LogP contribution is 2.29. The number of fused-ring (bicyclic) bond motifs is 1. The summed E-state index contributed by atoms with van der Waals surface area (Å²) in [4.78, 5) is 12.4. The monoisotopic (exact) mass is 318 g/mol. The lowest BCUT2D eigenvalue weighted by molar-refractivity contribution is -0.00697. The number of aromatic nitrogens is 3. The topological polar surface area (TPSA) is 93.0 Å². The lowest BCUT2D eigenvalue weighted by atomic mass is 9.99. The van der Waals surface area contributed by atoms with Crippen molar-refractivity contribution in [3.05, 3.63) is 34.0 Å². The van der Waals surface area contributed by atoms with Crippen molar-refractivity contribution in [1.82, 2.24) is 20.7 Å². The highest BCUT2D eigenvalue weighted by Gasteiger charge is 2.29. The minimum atomic E-state index is -0.157. The van der Waals surface area contributed by atoms with E-state index in [0.717, 1.165) is 28.3 Å². The molecule has 0 radical (unpaired) electrons. The molecular formula is C16H22N4O3. The van der Waals surface area contributed by atoms with Gasteiger partial charge in [-0.05, 0) is 34.1 Å². The predicted molar refractivity (Wildman–Crippen MR) is 83.3 cm³/mol. The normalized spacial score (nSPS) is 20.3. The molecule has 0 unspecified atom stereocenters. The smallest absolute Gasteiger partial charge is 0.272 e. The number of ether oxygens (including phenoxy) is 1. The Morgan fingerprint density at radius 2 is 2.17 bits per heavy atom. The van der Waals surface area contributed by atoms with E-state index >= 15 is 0 Å². The molecule has 1 aliphatic heterocycles. The first kappa shape index (κ1) is 15.7. The molecule has 0 fully saturated rings. The number of H-pyrrole nitrogens is 1. The number of hydrogen-bond donors (Lipinski definition) is 2. The van der Waals surface area contributed by atoms with Gasteiger partial charge in [-0.1, -0.05) is 5.16 Å². The Hall–Kier alpha value is -2.15. The van der Waals surface area contributed by atoms with Crippen LogP contribution < -0.4 is 5.32 Å². The van der Waals surface area contributed by atoms with Gasteiger partial charge in [0.1, 0.15) is 5.76 Å². The van der Waals surface area contributed by atoms with Crippen LogP contribution in [0, 0.1) is 13.8 Å². The second-order valence-electron chi connectivity index (χ2n) is 6.07. The van der Waals surface area contributed by atoms with E-state index in [1.165, 1.54) is 0 Å². The van der Waals surface area contributed by atoms with Gasteiger partial charge in [-0.2, -0.15) is 5.10 Å². The van der Waals surface area contributed by atoms with E-state index in [0.29, 0.717) is 25.1 Å². The summed E-state index contributed by atoms with van der Waals surface area (Å²) in [6.45, 7) is 8.27. The summed E-state index contributed by atoms with van der Waals surface area (Å²) in [7, 11) is 0. The zero-order valence-electron chi connectivity index (χ0n) is 13.9. The quantitative estimate of drug-likeness (QED) is 0.899. The fraction of sp³-hybridized carbons (Fsp3) is 0.562. The molecule has 2 aromatic rings. The summed E-state index contributed by atoms with van der Waals surface area (Å²) in [5.74, 6) is 0.643. The molecule has 1 amide bonds. The van der Waals surface area contributed by atoms with Gasteiger partial charge in [0.2, 0.25) is 0 Å². The maximum absolute atomic E-state index is 12.4. The number of nitrogens with one attached hydrogen (secondary N) is 2. The molecule has 0 aliphatic carbocycles. The van der Waals surface area contributed by atoms with Crippen LogP contribution in [0.2, 0.25) is 0 Å². The van der Waals surface area contributed by atoms with E-state index in [1.807, 2.05) is 27.7 Å². The Bertz CT molecular complexity index is 699. The molecule has 7 heteroatoms. The summed E-state index contributed by atoms with van der Waals surface area (Å²) < 4.78 is 10.9. The van der Waals surface area contributed by atoms with E-state index in [2.05, 4.69) is 20.7 Å². The number of rotatable bonds is 4. The lowest BCUT2D eigenvalue weighted by Gasteiger charge is -2.25. The summed E-state index contributed by atoms with van der Waals surface area (Å²) in [5, 5.41) is 14.0. The first-order chi connectivity index (χ1) is 11.0. The Morgan fingerprint density at radius 3 is 2.87 bits per heavy atom. The molecule has 2 atom stereocenters. The van der Waals surface area contributed by atoms with Crippen LogP contribution in [0.5, 0.6) is 0 Å². The molecule has 0 saturated carbocycles. The lowest BCUT2D eigenvalue weighted by Crippen LogP contribution is -2.29. The minimum absolute atomic E-state index is 0.0647. The van der Waals surface area contributed by atoms with Gasteiger partial charge in [0.25, 0.3) is 5.91 Å². The molecule has 124 valence electrons. The van der Waals surface area contributed by atoms with Crippen LogP contribution in [0.15, 0.2) is 4.52 Å². The zero-order valence-corrected chi connectivity index (χ0v) is 13.9. The Morgan fingerprint density at radius 1 is 1.39 bits per heavy atom. The summed E-state index contributed by atoms with van der Waals surface area (Å²) in [6, 6.07) is 0. The minimum Gasteiger partial charge on any atom is -0.369 e. The zero-order chi connectivity index (χ0) is 16.6. The van der Waals surface area contributed by atoms with Crippen molar-refractivity contribution in [2.45, 2.75) is 52.7 Å². The predicted octanol–water partition coefficient (Wildman–Crippen LogP) is 2.01. The third-order valence-electron chi connectivity index (χ3n) is 4.29. The summed E-state index contributed by atoms with van der Waals surface area (Å²) in [5.41, 5.74) is 4.25. The highest BCUT2D eigenvalue weighted by atomic mass is 16.5. The van der Waals surface area contributed by atoms with Gasteiger partial charge in [0.05, 0.1) is 23.6 Å². The number of hydrogen-bond acceptors (Lipinski definition) is 5. The molecule has 0 saturated heterocycles. The molecule has 3 rings (SSSR count). The molecule has 23 heavy (non-hydrogen) atoms. The molecule has 2 aromatic heterocycles. The van der Waals surface area contributed by atoms with Crippen molar-refractivity contribution in [3.63, 3.8) is 0 Å². The van der Waals surface area contributed by atoms with Crippen molar-refractivity contribution >= 4 is 5.91 Å². The van der Waals surface area contributed by atoms with Crippen molar-refractivity contribution < 1.29 is 14.1 Å². The van der Waals surface area contributed by atoms with Gasteiger partial charge in [-0.3, -0.25) is 9.89 Å². The van der Waals surface area contributed by atoms with Crippen LogP contribution in [0.3, 0.4) is 0 Å². The van der Waals surface area contributed by atoms with Gasteiger partial charge >= 0.3 is 0 Å². The number of carbonyl (C=O) groups excluding carboxylic acids is 1. The number of aromatic amines is 1. The van der Waals surface area contributed by atoms with Crippen LogP contribution in [-0.2, 0) is 17.6 Å². The molecule has 0 aromatic carbocycles. The molecular weight excluding hydrogens is 296 g/mol. The average molecular weight is 318 g/mol. The second-order valence-corrected chi connectivity index (χ2v) is 6.07. The van der Waals surface area contributed by atoms with Crippen molar-refractivity contribution in [2.75, 3.05) is 6.54 Å². The Balaban J connectivity index is 1.66. The summed E-state index contributed by atoms with van der Waals surface area (Å²) in [6.07, 6.45) is 1.41. The van der Waals surface area contributed by atoms with E-state index in [-0.39, 0.29) is 18.1 Å². The van der Waals surface area contributed by atoms with Crippen LogP contribution in [0.1, 0.15) is 58.7 Å². The van der Waals surface area contributed by atoms with Crippen molar-refractivity contribution in [3.8, 4) is 0 Å². The van der Waals surface area contributed by atoms with E-state index in [1.54, 1.807) is 0 Å². The maximum Gasteiger partial charge on any atom is 0.272 e. The molecule has 1 aliphatic rings. The van der Waals surface area contributed by atoms with Gasteiger partial charge < -0.3 is 14.6 Å². The van der Waals surface area contributed by atoms with Crippen LogP contribution >= 0.6 is 0 Å². The number of amides is 1. The van der Waals surface area contributed by atoms with Crippen LogP contribution in [0.25, 0.3) is 0 Å². The first-order valence-corrected chi connectivity index (χ1v) is 7.90. The molecule has 0 bridgehead atoms. The van der Waals surface area contributed by atoms with Crippen molar-refractivity contribution in [2.24, 2.45) is 0 Å². The SMILES string of the molecule is Cc1noc(C)c1CCNC(=O)c1n[nH]c2c1C[C@@H](C)O[C@H]2C. The number of aryl methyl sites for hydroxylation is 2. The van der Waals surface area contributed by atoms with Crippen LogP contribution in [-0.4, -0.2) is 33.9 Å². The van der Waals surface area contributed by atoms with E-state index < -0.39 is 0 Å². The average Bonchev–Trinajstić information content (AvgIpc) is 3.05.